The van der Waals surface area contributed by atoms with Crippen molar-refractivity contribution in [2.45, 2.75) is 70.6 Å². The van der Waals surface area contributed by atoms with E-state index in [4.69, 9.17) is 9.47 Å². The van der Waals surface area contributed by atoms with Gasteiger partial charge in [-0.1, -0.05) is 0 Å². The van der Waals surface area contributed by atoms with E-state index >= 15 is 0 Å². The molecule has 6 nitrogen and oxygen atoms in total. The molecule has 2 aliphatic heterocycles. The van der Waals surface area contributed by atoms with Gasteiger partial charge in [-0.2, -0.15) is 0 Å². The van der Waals surface area contributed by atoms with Crippen molar-refractivity contribution in [3.05, 3.63) is 23.9 Å². The fraction of sp³-hybridized carbons (Fsp3) is 0.650. The summed E-state index contributed by atoms with van der Waals surface area (Å²) in [6.45, 7) is 5.65. The van der Waals surface area contributed by atoms with E-state index in [0.29, 0.717) is 24.3 Å². The zero-order valence-electron chi connectivity index (χ0n) is 16.0. The number of amides is 1. The fourth-order valence-electron chi connectivity index (χ4n) is 4.09. The number of carbonyl (C=O) groups is 2. The molecule has 0 aromatic carbocycles. The number of ether oxygens (including phenoxy) is 2. The molecule has 1 amide bonds. The van der Waals surface area contributed by atoms with Crippen molar-refractivity contribution in [1.29, 1.82) is 0 Å². The summed E-state index contributed by atoms with van der Waals surface area (Å²) in [6, 6.07) is 3.64. The van der Waals surface area contributed by atoms with Gasteiger partial charge in [0, 0.05) is 35.8 Å². The van der Waals surface area contributed by atoms with E-state index in [2.05, 4.69) is 4.98 Å². The molecule has 2 saturated heterocycles. The maximum atomic E-state index is 12.9. The molecule has 0 N–H and O–H groups in total. The zero-order chi connectivity index (χ0) is 18.9. The molecule has 0 aliphatic carbocycles. The highest BCUT2D eigenvalue weighted by atomic mass is 16.6. The summed E-state index contributed by atoms with van der Waals surface area (Å²) >= 11 is 0. The highest BCUT2D eigenvalue weighted by Gasteiger charge is 2.44. The molecule has 6 heteroatoms. The minimum Gasteiger partial charge on any atom is -0.481 e. The molecule has 2 atom stereocenters. The standard InChI is InChI=1S/C20H28N2O4/c1-20(2,3)26-19(24)22-15-6-5-7-16(22)11-14(10-15)18(23)13-8-9-17(25-4)21-12-13/h8-9,12,14-16H,5-7,10-11H2,1-4H3. The monoisotopic (exact) mass is 360 g/mol. The van der Waals surface area contributed by atoms with Gasteiger partial charge < -0.3 is 14.4 Å². The predicted octanol–water partition coefficient (Wildman–Crippen LogP) is 3.84. The van der Waals surface area contributed by atoms with Gasteiger partial charge >= 0.3 is 6.09 Å². The van der Waals surface area contributed by atoms with Crippen LogP contribution >= 0.6 is 0 Å². The first-order valence-electron chi connectivity index (χ1n) is 9.34. The minimum atomic E-state index is -0.507. The second-order valence-corrected chi connectivity index (χ2v) is 8.25. The summed E-state index contributed by atoms with van der Waals surface area (Å²) in [5, 5.41) is 0. The molecular formula is C20H28N2O4. The van der Waals surface area contributed by atoms with Crippen LogP contribution in [-0.4, -0.2) is 46.6 Å². The number of carbonyl (C=O) groups excluding carboxylic acids is 2. The molecule has 2 bridgehead atoms. The van der Waals surface area contributed by atoms with Crippen LogP contribution in [0.3, 0.4) is 0 Å². The van der Waals surface area contributed by atoms with Crippen LogP contribution in [0.15, 0.2) is 18.3 Å². The Kier molecular flexibility index (Phi) is 5.21. The molecule has 2 unspecified atom stereocenters. The van der Waals surface area contributed by atoms with Crippen molar-refractivity contribution in [1.82, 2.24) is 9.88 Å². The number of methoxy groups -OCH3 is 1. The van der Waals surface area contributed by atoms with E-state index in [1.807, 2.05) is 25.7 Å². The number of Topliss-reactive ketones (excluding diaryl/α,β-unsaturated/α-hetero) is 1. The average Bonchev–Trinajstić information content (AvgIpc) is 2.58. The zero-order valence-corrected chi connectivity index (χ0v) is 16.0. The van der Waals surface area contributed by atoms with Crippen LogP contribution in [0.25, 0.3) is 0 Å². The summed E-state index contributed by atoms with van der Waals surface area (Å²) in [7, 11) is 1.55. The Morgan fingerprint density at radius 3 is 2.31 bits per heavy atom. The molecule has 0 spiro atoms. The van der Waals surface area contributed by atoms with E-state index in [9.17, 15) is 9.59 Å². The molecule has 142 valence electrons. The van der Waals surface area contributed by atoms with Gasteiger partial charge in [0.2, 0.25) is 5.88 Å². The number of rotatable bonds is 3. The lowest BCUT2D eigenvalue weighted by Gasteiger charge is -2.48. The third kappa shape index (κ3) is 4.00. The number of fused-ring (bicyclic) bond motifs is 2. The third-order valence-corrected chi connectivity index (χ3v) is 5.18. The quantitative estimate of drug-likeness (QED) is 0.766. The first-order chi connectivity index (χ1) is 12.3. The molecule has 3 rings (SSSR count). The Labute approximate surface area is 154 Å². The number of hydrogen-bond donors (Lipinski definition) is 0. The molecule has 26 heavy (non-hydrogen) atoms. The Bertz CT molecular complexity index is 651. The van der Waals surface area contributed by atoms with Gasteiger partial charge in [0.1, 0.15) is 5.60 Å². The van der Waals surface area contributed by atoms with Gasteiger partial charge in [-0.05, 0) is 58.9 Å². The Morgan fingerprint density at radius 1 is 1.15 bits per heavy atom. The normalized spacial score (nSPS) is 25.5. The summed E-state index contributed by atoms with van der Waals surface area (Å²) in [5.41, 5.74) is 0.104. The fourth-order valence-corrected chi connectivity index (χ4v) is 4.09. The number of hydrogen-bond acceptors (Lipinski definition) is 5. The summed E-state index contributed by atoms with van der Waals surface area (Å²) in [5.74, 6) is 0.540. The van der Waals surface area contributed by atoms with Gasteiger partial charge in [-0.15, -0.1) is 0 Å². The van der Waals surface area contributed by atoms with Crippen LogP contribution in [0.5, 0.6) is 5.88 Å². The van der Waals surface area contributed by atoms with Crippen LogP contribution in [-0.2, 0) is 4.74 Å². The second kappa shape index (κ2) is 7.25. The van der Waals surface area contributed by atoms with E-state index < -0.39 is 5.60 Å². The SMILES string of the molecule is COc1ccc(C(=O)C2CC3CCCC(C2)N3C(=O)OC(C)(C)C)cn1. The van der Waals surface area contributed by atoms with Gasteiger partial charge in [-0.25, -0.2) is 9.78 Å². The molecule has 2 aliphatic rings. The van der Waals surface area contributed by atoms with E-state index in [0.717, 1.165) is 19.3 Å². The second-order valence-electron chi connectivity index (χ2n) is 8.25. The Morgan fingerprint density at radius 2 is 1.81 bits per heavy atom. The predicted molar refractivity (Wildman–Crippen MR) is 97.3 cm³/mol. The Hall–Kier alpha value is -2.11. The van der Waals surface area contributed by atoms with Crippen LogP contribution < -0.4 is 4.74 Å². The van der Waals surface area contributed by atoms with Crippen molar-refractivity contribution in [2.24, 2.45) is 5.92 Å². The maximum absolute atomic E-state index is 12.9. The van der Waals surface area contributed by atoms with Gasteiger partial charge in [-0.3, -0.25) is 4.79 Å². The number of nitrogens with zero attached hydrogens (tertiary/aromatic N) is 2. The number of ketones is 1. The molecule has 1 aromatic heterocycles. The van der Waals surface area contributed by atoms with E-state index in [1.54, 1.807) is 25.4 Å². The Balaban J connectivity index is 1.72. The van der Waals surface area contributed by atoms with Crippen molar-refractivity contribution in [2.75, 3.05) is 7.11 Å². The first-order valence-corrected chi connectivity index (χ1v) is 9.34. The minimum absolute atomic E-state index is 0.0702. The highest BCUT2D eigenvalue weighted by Crippen LogP contribution is 2.39. The number of piperidine rings is 2. The van der Waals surface area contributed by atoms with Crippen LogP contribution in [0.1, 0.15) is 63.2 Å². The smallest absolute Gasteiger partial charge is 0.410 e. The van der Waals surface area contributed by atoms with Gasteiger partial charge in [0.15, 0.2) is 5.78 Å². The summed E-state index contributed by atoms with van der Waals surface area (Å²) in [4.78, 5) is 31.6. The molecule has 0 radical (unpaired) electrons. The molecule has 3 heterocycles. The molecule has 2 fully saturated rings. The highest BCUT2D eigenvalue weighted by molar-refractivity contribution is 5.97. The first kappa shape index (κ1) is 18.7. The lowest BCUT2D eigenvalue weighted by Crippen LogP contribution is -2.56. The number of aromatic nitrogens is 1. The topological polar surface area (TPSA) is 68.7 Å². The molecule has 1 aromatic rings. The van der Waals surface area contributed by atoms with Crippen LogP contribution in [0.2, 0.25) is 0 Å². The van der Waals surface area contributed by atoms with Crippen molar-refractivity contribution < 1.29 is 19.1 Å². The maximum Gasteiger partial charge on any atom is 0.410 e. The third-order valence-electron chi connectivity index (χ3n) is 5.18. The van der Waals surface area contributed by atoms with E-state index in [-0.39, 0.29) is 29.9 Å². The van der Waals surface area contributed by atoms with Gasteiger partial charge in [0.25, 0.3) is 0 Å². The van der Waals surface area contributed by atoms with Crippen molar-refractivity contribution >= 4 is 11.9 Å². The summed E-state index contributed by atoms with van der Waals surface area (Å²) < 4.78 is 10.7. The van der Waals surface area contributed by atoms with Crippen LogP contribution in [0.4, 0.5) is 4.79 Å². The largest absolute Gasteiger partial charge is 0.481 e. The lowest BCUT2D eigenvalue weighted by molar-refractivity contribution is -0.0260. The molecule has 0 saturated carbocycles. The summed E-state index contributed by atoms with van der Waals surface area (Å²) in [6.07, 6.45) is 5.68. The van der Waals surface area contributed by atoms with E-state index in [1.165, 1.54) is 0 Å². The van der Waals surface area contributed by atoms with Gasteiger partial charge in [0.05, 0.1) is 7.11 Å². The number of pyridine rings is 1. The van der Waals surface area contributed by atoms with Crippen molar-refractivity contribution in [3.8, 4) is 5.88 Å². The average molecular weight is 360 g/mol. The molecular weight excluding hydrogens is 332 g/mol. The van der Waals surface area contributed by atoms with Crippen LogP contribution in [0, 0.1) is 5.92 Å². The lowest BCUT2D eigenvalue weighted by atomic mass is 9.76. The van der Waals surface area contributed by atoms with Crippen molar-refractivity contribution in [3.63, 3.8) is 0 Å².